The van der Waals surface area contributed by atoms with Crippen LogP contribution in [0.1, 0.15) is 23.1 Å². The molecule has 0 aliphatic carbocycles. The number of carbonyl (C=O) groups excluding carboxylic acids is 1. The van der Waals surface area contributed by atoms with Crippen molar-refractivity contribution in [3.05, 3.63) is 17.5 Å². The van der Waals surface area contributed by atoms with Crippen LogP contribution < -0.4 is 5.32 Å². The molecule has 1 atom stereocenters. The number of alkyl halides is 3. The number of carbonyl (C=O) groups is 1. The van der Waals surface area contributed by atoms with Crippen LogP contribution in [0.25, 0.3) is 0 Å². The highest BCUT2D eigenvalue weighted by Crippen LogP contribution is 2.29. The number of hydrogen-bond donors (Lipinski definition) is 1. The van der Waals surface area contributed by atoms with E-state index in [2.05, 4.69) is 10.4 Å². The lowest BCUT2D eigenvalue weighted by atomic mass is 10.2. The van der Waals surface area contributed by atoms with E-state index in [1.807, 2.05) is 0 Å². The average molecular weight is 219 g/mol. The second-order valence-electron chi connectivity index (χ2n) is 3.47. The van der Waals surface area contributed by atoms with Gasteiger partial charge in [-0.2, -0.15) is 18.3 Å². The molecule has 2 rings (SSSR count). The number of fused-ring (bicyclic) bond motifs is 1. The SMILES string of the molecule is C[C@H]1Cn2nc(C(F)(F)F)cc2C(=O)N1. The smallest absolute Gasteiger partial charge is 0.346 e. The van der Waals surface area contributed by atoms with Gasteiger partial charge in [-0.25, -0.2) is 0 Å². The van der Waals surface area contributed by atoms with Crippen molar-refractivity contribution in [2.45, 2.75) is 25.7 Å². The van der Waals surface area contributed by atoms with Crippen LogP contribution in [0, 0.1) is 0 Å². The molecule has 0 saturated heterocycles. The van der Waals surface area contributed by atoms with Gasteiger partial charge < -0.3 is 5.32 Å². The van der Waals surface area contributed by atoms with Crippen molar-refractivity contribution in [3.63, 3.8) is 0 Å². The van der Waals surface area contributed by atoms with Gasteiger partial charge in [0.15, 0.2) is 5.69 Å². The van der Waals surface area contributed by atoms with Gasteiger partial charge in [0, 0.05) is 12.1 Å². The molecule has 0 saturated carbocycles. The van der Waals surface area contributed by atoms with E-state index in [0.29, 0.717) is 0 Å². The number of rotatable bonds is 0. The van der Waals surface area contributed by atoms with Crippen LogP contribution in [0.15, 0.2) is 6.07 Å². The Morgan fingerprint density at radius 1 is 1.60 bits per heavy atom. The summed E-state index contributed by atoms with van der Waals surface area (Å²) in [5.74, 6) is -0.517. The highest BCUT2D eigenvalue weighted by atomic mass is 19.4. The summed E-state index contributed by atoms with van der Waals surface area (Å²) in [6, 6.07) is 0.562. The number of hydrogen-bond acceptors (Lipinski definition) is 2. The van der Waals surface area contributed by atoms with E-state index in [4.69, 9.17) is 0 Å². The Kier molecular flexibility index (Phi) is 1.99. The zero-order valence-corrected chi connectivity index (χ0v) is 7.80. The van der Waals surface area contributed by atoms with Crippen LogP contribution in [0.5, 0.6) is 0 Å². The molecule has 0 bridgehead atoms. The largest absolute Gasteiger partial charge is 0.435 e. The molecular formula is C8H8F3N3O. The van der Waals surface area contributed by atoms with Gasteiger partial charge in [0.05, 0.1) is 6.54 Å². The van der Waals surface area contributed by atoms with E-state index in [1.165, 1.54) is 0 Å². The predicted molar refractivity (Wildman–Crippen MR) is 44.2 cm³/mol. The molecule has 1 aromatic rings. The minimum Gasteiger partial charge on any atom is -0.346 e. The number of aromatic nitrogens is 2. The molecule has 1 aliphatic rings. The van der Waals surface area contributed by atoms with Crippen LogP contribution in [0.4, 0.5) is 13.2 Å². The maximum atomic E-state index is 12.3. The molecule has 1 aliphatic heterocycles. The minimum absolute atomic E-state index is 0.0413. The van der Waals surface area contributed by atoms with Crippen molar-refractivity contribution < 1.29 is 18.0 Å². The van der Waals surface area contributed by atoms with E-state index in [9.17, 15) is 18.0 Å². The van der Waals surface area contributed by atoms with Gasteiger partial charge in [0.2, 0.25) is 0 Å². The fourth-order valence-corrected chi connectivity index (χ4v) is 1.48. The standard InChI is InChI=1S/C8H8F3N3O/c1-4-3-14-5(7(15)12-4)2-6(13-14)8(9,10)11/h2,4H,3H2,1H3,(H,12,15)/t4-/m0/s1. The highest BCUT2D eigenvalue weighted by molar-refractivity contribution is 5.93. The van der Waals surface area contributed by atoms with E-state index in [1.54, 1.807) is 6.92 Å². The fraction of sp³-hybridized carbons (Fsp3) is 0.500. The average Bonchev–Trinajstić information content (AvgIpc) is 2.46. The first kappa shape index (κ1) is 10.0. The number of nitrogens with one attached hydrogen (secondary N) is 1. The van der Waals surface area contributed by atoms with Crippen LogP contribution in [-0.2, 0) is 12.7 Å². The Balaban J connectivity index is 2.44. The minimum atomic E-state index is -4.51. The number of halogens is 3. The number of nitrogens with zero attached hydrogens (tertiary/aromatic N) is 2. The zero-order chi connectivity index (χ0) is 11.2. The van der Waals surface area contributed by atoms with E-state index >= 15 is 0 Å². The van der Waals surface area contributed by atoms with Crippen molar-refractivity contribution in [1.82, 2.24) is 15.1 Å². The van der Waals surface area contributed by atoms with E-state index < -0.39 is 17.8 Å². The molecular weight excluding hydrogens is 211 g/mol. The summed E-state index contributed by atoms with van der Waals surface area (Å²) >= 11 is 0. The first-order chi connectivity index (χ1) is 6.88. The first-order valence-corrected chi connectivity index (χ1v) is 4.34. The van der Waals surface area contributed by atoms with Crippen molar-refractivity contribution >= 4 is 5.91 Å². The third-order valence-corrected chi connectivity index (χ3v) is 2.13. The normalized spacial score (nSPS) is 21.1. The maximum Gasteiger partial charge on any atom is 0.435 e. The third-order valence-electron chi connectivity index (χ3n) is 2.13. The molecule has 1 amide bonds. The lowest BCUT2D eigenvalue weighted by Gasteiger charge is -2.20. The molecule has 4 nitrogen and oxygen atoms in total. The van der Waals surface area contributed by atoms with Gasteiger partial charge >= 0.3 is 6.18 Å². The van der Waals surface area contributed by atoms with Crippen LogP contribution in [0.2, 0.25) is 0 Å². The number of amides is 1. The summed E-state index contributed by atoms with van der Waals surface area (Å²) in [7, 11) is 0. The Morgan fingerprint density at radius 3 is 2.87 bits per heavy atom. The van der Waals surface area contributed by atoms with Gasteiger partial charge in [0.25, 0.3) is 5.91 Å². The first-order valence-electron chi connectivity index (χ1n) is 4.34. The molecule has 7 heteroatoms. The topological polar surface area (TPSA) is 46.9 Å². The van der Waals surface area contributed by atoms with Gasteiger partial charge in [-0.15, -0.1) is 0 Å². The Labute approximate surface area is 83.1 Å². The monoisotopic (exact) mass is 219 g/mol. The van der Waals surface area contributed by atoms with Crippen molar-refractivity contribution in [3.8, 4) is 0 Å². The predicted octanol–water partition coefficient (Wildman–Crippen LogP) is 1.03. The summed E-state index contributed by atoms with van der Waals surface area (Å²) in [6.07, 6.45) is -4.51. The van der Waals surface area contributed by atoms with Crippen LogP contribution >= 0.6 is 0 Å². The van der Waals surface area contributed by atoms with Gasteiger partial charge in [0.1, 0.15) is 5.69 Å². The van der Waals surface area contributed by atoms with Crippen LogP contribution in [0.3, 0.4) is 0 Å². The second kappa shape index (κ2) is 2.98. The zero-order valence-electron chi connectivity index (χ0n) is 7.80. The van der Waals surface area contributed by atoms with Gasteiger partial charge in [-0.1, -0.05) is 0 Å². The Morgan fingerprint density at radius 2 is 2.27 bits per heavy atom. The fourth-order valence-electron chi connectivity index (χ4n) is 1.48. The maximum absolute atomic E-state index is 12.3. The van der Waals surface area contributed by atoms with Gasteiger partial charge in [-0.05, 0) is 6.92 Å². The molecule has 82 valence electrons. The van der Waals surface area contributed by atoms with E-state index in [0.717, 1.165) is 10.7 Å². The van der Waals surface area contributed by atoms with Crippen molar-refractivity contribution in [1.29, 1.82) is 0 Å². The van der Waals surface area contributed by atoms with Crippen LogP contribution in [-0.4, -0.2) is 21.7 Å². The van der Waals surface area contributed by atoms with Crippen molar-refractivity contribution in [2.75, 3.05) is 0 Å². The summed E-state index contributed by atoms with van der Waals surface area (Å²) in [5, 5.41) is 5.89. The molecule has 1 N–H and O–H groups in total. The molecule has 0 aromatic carbocycles. The molecule has 0 spiro atoms. The summed E-state index contributed by atoms with van der Waals surface area (Å²) in [6.45, 7) is 1.97. The molecule has 15 heavy (non-hydrogen) atoms. The van der Waals surface area contributed by atoms with E-state index in [-0.39, 0.29) is 18.3 Å². The summed E-state index contributed by atoms with van der Waals surface area (Å²) in [4.78, 5) is 11.3. The molecule has 1 aromatic heterocycles. The van der Waals surface area contributed by atoms with Gasteiger partial charge in [-0.3, -0.25) is 9.48 Å². The second-order valence-corrected chi connectivity index (χ2v) is 3.47. The Bertz CT molecular complexity index is 410. The molecule has 2 heterocycles. The third kappa shape index (κ3) is 1.69. The summed E-state index contributed by atoms with van der Waals surface area (Å²) in [5.41, 5.74) is -1.07. The Hall–Kier alpha value is -1.53. The lowest BCUT2D eigenvalue weighted by molar-refractivity contribution is -0.141. The van der Waals surface area contributed by atoms with Crippen molar-refractivity contribution in [2.24, 2.45) is 0 Å². The lowest BCUT2D eigenvalue weighted by Crippen LogP contribution is -2.42. The summed E-state index contributed by atoms with van der Waals surface area (Å²) < 4.78 is 38.0. The quantitative estimate of drug-likeness (QED) is 0.708. The molecule has 0 radical (unpaired) electrons. The highest BCUT2D eigenvalue weighted by Gasteiger charge is 2.37. The molecule has 0 unspecified atom stereocenters. The molecule has 0 fully saturated rings.